The fourth-order valence-corrected chi connectivity index (χ4v) is 2.33. The van der Waals surface area contributed by atoms with E-state index in [1.54, 1.807) is 19.1 Å². The monoisotopic (exact) mass is 291 g/mol. The minimum Gasteiger partial charge on any atom is -0.496 e. The van der Waals surface area contributed by atoms with Gasteiger partial charge in [-0.3, -0.25) is 9.59 Å². The van der Waals surface area contributed by atoms with Crippen molar-refractivity contribution in [2.24, 2.45) is 5.73 Å². The smallest absolute Gasteiger partial charge is 0.312 e. The number of carbonyl (C=O) groups excluding carboxylic acids is 2. The van der Waals surface area contributed by atoms with Crippen LogP contribution in [-0.4, -0.2) is 48.9 Å². The van der Waals surface area contributed by atoms with Crippen LogP contribution < -0.4 is 10.5 Å². The van der Waals surface area contributed by atoms with E-state index in [1.807, 2.05) is 25.1 Å². The first-order chi connectivity index (χ1) is 9.93. The molecule has 6 heteroatoms. The van der Waals surface area contributed by atoms with Crippen molar-refractivity contribution in [2.45, 2.75) is 19.5 Å². The summed E-state index contributed by atoms with van der Waals surface area (Å²) in [6.07, 6.45) is 0. The summed E-state index contributed by atoms with van der Waals surface area (Å²) in [6.45, 7) is 3.31. The first kappa shape index (κ1) is 15.3. The molecule has 6 nitrogen and oxygen atoms in total. The minimum absolute atomic E-state index is 0.0977. The summed E-state index contributed by atoms with van der Waals surface area (Å²) in [5.74, 6) is -0.251. The van der Waals surface area contributed by atoms with Crippen LogP contribution in [0.25, 0.3) is 0 Å². The normalized spacial score (nSPS) is 17.1. The fourth-order valence-electron chi connectivity index (χ4n) is 2.33. The van der Waals surface area contributed by atoms with Crippen molar-refractivity contribution in [3.63, 3.8) is 0 Å². The molecule has 0 aromatic heterocycles. The fraction of sp³-hybridized carbons (Fsp3) is 0.467. The molecule has 21 heavy (non-hydrogen) atoms. The number of carbonyl (C=O) groups is 2. The first-order valence-electron chi connectivity index (χ1n) is 6.90. The van der Waals surface area contributed by atoms with E-state index in [0.29, 0.717) is 25.4 Å². The number of hydrogen-bond donors (Lipinski definition) is 1. The molecule has 0 bridgehead atoms. The number of benzene rings is 1. The Morgan fingerprint density at radius 1 is 1.29 bits per heavy atom. The maximum Gasteiger partial charge on any atom is 0.312 e. The van der Waals surface area contributed by atoms with E-state index in [-0.39, 0.29) is 6.04 Å². The number of nitrogens with zero attached hydrogens (tertiary/aromatic N) is 2. The van der Waals surface area contributed by atoms with Gasteiger partial charge in [0.25, 0.3) is 0 Å². The molecule has 1 fully saturated rings. The lowest BCUT2D eigenvalue weighted by Gasteiger charge is -2.31. The van der Waals surface area contributed by atoms with E-state index in [2.05, 4.69) is 0 Å². The number of methoxy groups -OCH3 is 1. The van der Waals surface area contributed by atoms with Crippen molar-refractivity contribution in [3.05, 3.63) is 29.3 Å². The van der Waals surface area contributed by atoms with Gasteiger partial charge in [0.1, 0.15) is 5.75 Å². The standard InChI is InChI=1S/C15H21N3O3/c1-10(16)11-4-5-13(21-3)12(8-11)9-18-7-6-17(2)14(19)15(18)20/h4-5,8,10H,6-7,9,16H2,1-3H3. The maximum absolute atomic E-state index is 12.0. The number of nitrogens with two attached hydrogens (primary N) is 1. The van der Waals surface area contributed by atoms with Gasteiger partial charge in [0.05, 0.1) is 7.11 Å². The highest BCUT2D eigenvalue weighted by atomic mass is 16.5. The van der Waals surface area contributed by atoms with Gasteiger partial charge < -0.3 is 20.3 Å². The summed E-state index contributed by atoms with van der Waals surface area (Å²) in [4.78, 5) is 26.8. The molecule has 114 valence electrons. The molecule has 0 spiro atoms. The van der Waals surface area contributed by atoms with Gasteiger partial charge in [-0.25, -0.2) is 0 Å². The van der Waals surface area contributed by atoms with E-state index < -0.39 is 11.8 Å². The van der Waals surface area contributed by atoms with Crippen LogP contribution >= 0.6 is 0 Å². The second-order valence-corrected chi connectivity index (χ2v) is 5.31. The van der Waals surface area contributed by atoms with Crippen LogP contribution in [0.4, 0.5) is 0 Å². The highest BCUT2D eigenvalue weighted by molar-refractivity contribution is 6.35. The molecule has 1 aromatic carbocycles. The van der Waals surface area contributed by atoms with Crippen molar-refractivity contribution in [3.8, 4) is 5.75 Å². The van der Waals surface area contributed by atoms with Crippen molar-refractivity contribution in [1.29, 1.82) is 0 Å². The van der Waals surface area contributed by atoms with Crippen molar-refractivity contribution < 1.29 is 14.3 Å². The molecule has 2 N–H and O–H groups in total. The Kier molecular flexibility index (Phi) is 4.47. The lowest BCUT2D eigenvalue weighted by Crippen LogP contribution is -2.52. The maximum atomic E-state index is 12.0. The molecule has 1 aliphatic rings. The molecular formula is C15H21N3O3. The van der Waals surface area contributed by atoms with Gasteiger partial charge in [-0.15, -0.1) is 0 Å². The lowest BCUT2D eigenvalue weighted by molar-refractivity contribution is -0.155. The highest BCUT2D eigenvalue weighted by Crippen LogP contribution is 2.24. The molecule has 2 rings (SSSR count). The number of ether oxygens (including phenoxy) is 1. The Balaban J connectivity index is 2.24. The Bertz CT molecular complexity index is 557. The van der Waals surface area contributed by atoms with Gasteiger partial charge in [-0.05, 0) is 24.6 Å². The van der Waals surface area contributed by atoms with Gasteiger partial charge in [0, 0.05) is 38.3 Å². The summed E-state index contributed by atoms with van der Waals surface area (Å²) in [7, 11) is 3.22. The number of rotatable bonds is 4. The van der Waals surface area contributed by atoms with Crippen LogP contribution in [0.2, 0.25) is 0 Å². The Labute approximate surface area is 124 Å². The van der Waals surface area contributed by atoms with E-state index in [1.165, 1.54) is 4.90 Å². The lowest BCUT2D eigenvalue weighted by atomic mass is 10.0. The van der Waals surface area contributed by atoms with Gasteiger partial charge in [-0.1, -0.05) is 6.07 Å². The zero-order valence-corrected chi connectivity index (χ0v) is 12.6. The molecule has 1 aromatic rings. The second-order valence-electron chi connectivity index (χ2n) is 5.31. The average Bonchev–Trinajstić information content (AvgIpc) is 2.47. The minimum atomic E-state index is -0.475. The van der Waals surface area contributed by atoms with E-state index in [0.717, 1.165) is 11.1 Å². The Hall–Kier alpha value is -2.08. The average molecular weight is 291 g/mol. The predicted molar refractivity (Wildman–Crippen MR) is 78.7 cm³/mol. The van der Waals surface area contributed by atoms with Crippen LogP contribution in [0.5, 0.6) is 5.75 Å². The SMILES string of the molecule is COc1ccc(C(C)N)cc1CN1CCN(C)C(=O)C1=O. The largest absolute Gasteiger partial charge is 0.496 e. The second kappa shape index (κ2) is 6.13. The predicted octanol–water partition coefficient (Wildman–Crippen LogP) is 0.516. The molecule has 1 heterocycles. The zero-order valence-electron chi connectivity index (χ0n) is 12.6. The number of piperazine rings is 1. The summed E-state index contributed by atoms with van der Waals surface area (Å²) in [5, 5.41) is 0. The molecule has 0 saturated carbocycles. The van der Waals surface area contributed by atoms with Crippen LogP contribution in [0.3, 0.4) is 0 Å². The van der Waals surface area contributed by atoms with Crippen LogP contribution in [0.1, 0.15) is 24.1 Å². The first-order valence-corrected chi connectivity index (χ1v) is 6.90. The van der Waals surface area contributed by atoms with Gasteiger partial charge >= 0.3 is 11.8 Å². The van der Waals surface area contributed by atoms with Gasteiger partial charge in [0.15, 0.2) is 0 Å². The van der Waals surface area contributed by atoms with Crippen LogP contribution in [0.15, 0.2) is 18.2 Å². The summed E-state index contributed by atoms with van der Waals surface area (Å²) in [6, 6.07) is 5.58. The van der Waals surface area contributed by atoms with Crippen molar-refractivity contribution >= 4 is 11.8 Å². The molecule has 1 unspecified atom stereocenters. The molecule has 1 saturated heterocycles. The van der Waals surface area contributed by atoms with Gasteiger partial charge in [0.2, 0.25) is 0 Å². The van der Waals surface area contributed by atoms with E-state index >= 15 is 0 Å². The van der Waals surface area contributed by atoms with E-state index in [9.17, 15) is 9.59 Å². The third-order valence-electron chi connectivity index (χ3n) is 3.71. The van der Waals surface area contributed by atoms with E-state index in [4.69, 9.17) is 10.5 Å². The highest BCUT2D eigenvalue weighted by Gasteiger charge is 2.30. The van der Waals surface area contributed by atoms with Gasteiger partial charge in [-0.2, -0.15) is 0 Å². The third-order valence-corrected chi connectivity index (χ3v) is 3.71. The molecule has 1 aliphatic heterocycles. The Morgan fingerprint density at radius 3 is 2.62 bits per heavy atom. The van der Waals surface area contributed by atoms with Crippen LogP contribution in [-0.2, 0) is 16.1 Å². The molecule has 2 amide bonds. The number of amides is 2. The number of likely N-dealkylation sites (N-methyl/N-ethyl adjacent to an activating group) is 1. The number of hydrogen-bond acceptors (Lipinski definition) is 4. The summed E-state index contributed by atoms with van der Waals surface area (Å²) in [5.41, 5.74) is 7.72. The summed E-state index contributed by atoms with van der Waals surface area (Å²) >= 11 is 0. The molecule has 0 radical (unpaired) electrons. The third kappa shape index (κ3) is 3.16. The summed E-state index contributed by atoms with van der Waals surface area (Å²) < 4.78 is 5.33. The van der Waals surface area contributed by atoms with Crippen molar-refractivity contribution in [2.75, 3.05) is 27.2 Å². The molecule has 1 atom stereocenters. The molecular weight excluding hydrogens is 270 g/mol. The van der Waals surface area contributed by atoms with Crippen LogP contribution in [0, 0.1) is 0 Å². The Morgan fingerprint density at radius 2 is 2.00 bits per heavy atom. The zero-order chi connectivity index (χ0) is 15.6. The molecule has 0 aliphatic carbocycles. The van der Waals surface area contributed by atoms with Crippen molar-refractivity contribution in [1.82, 2.24) is 9.80 Å². The topological polar surface area (TPSA) is 75.9 Å². The quantitative estimate of drug-likeness (QED) is 0.820.